The molecule has 0 heterocycles. The van der Waals surface area contributed by atoms with Crippen LogP contribution in [0.4, 0.5) is 0 Å². The molecule has 0 aliphatic heterocycles. The number of aliphatic hydroxyl groups is 2. The Morgan fingerprint density at radius 3 is 1.80 bits per heavy atom. The van der Waals surface area contributed by atoms with E-state index in [9.17, 15) is 10.2 Å². The molecule has 4 nitrogen and oxygen atoms in total. The van der Waals surface area contributed by atoms with Crippen LogP contribution in [0.1, 0.15) is 13.8 Å². The highest BCUT2D eigenvalue weighted by atomic mass is 79.9. The molecule has 0 amide bonds. The van der Waals surface area contributed by atoms with Crippen LogP contribution in [0.2, 0.25) is 0 Å². The number of rotatable bonds is 6. The zero-order valence-corrected chi connectivity index (χ0v) is 15.8. The summed E-state index contributed by atoms with van der Waals surface area (Å²) in [4.78, 5) is 0. The van der Waals surface area contributed by atoms with Crippen LogP contribution in [0.3, 0.4) is 0 Å². The first-order chi connectivity index (χ1) is 12.0. The lowest BCUT2D eigenvalue weighted by Crippen LogP contribution is -2.14. The molecule has 0 saturated carbocycles. The second kappa shape index (κ2) is 7.60. The molecule has 0 aliphatic carbocycles. The molecule has 0 spiro atoms. The maximum atomic E-state index is 9.63. The molecule has 2 atom stereocenters. The van der Waals surface area contributed by atoms with Gasteiger partial charge in [0.2, 0.25) is 0 Å². The summed E-state index contributed by atoms with van der Waals surface area (Å²) in [6, 6.07) is 13.7. The topological polar surface area (TPSA) is 58.9 Å². The van der Waals surface area contributed by atoms with Gasteiger partial charge in [-0.3, -0.25) is 0 Å². The predicted octanol–water partition coefficient (Wildman–Crippen LogP) is 4.27. The van der Waals surface area contributed by atoms with E-state index in [-0.39, 0.29) is 13.2 Å². The van der Waals surface area contributed by atoms with Crippen molar-refractivity contribution < 1.29 is 19.7 Å². The van der Waals surface area contributed by atoms with Gasteiger partial charge < -0.3 is 19.7 Å². The standard InChI is InChI=1S/C20H21BrO4/c1-12(22)10-24-19-15-5-3-4-6-16(15)20(25-11-13(2)23)18-9-14(21)7-8-17(18)19/h3-9,12-13,22-23H,10-11H2,1-2H3. The van der Waals surface area contributed by atoms with E-state index in [1.165, 1.54) is 0 Å². The minimum Gasteiger partial charge on any atom is -0.490 e. The molecule has 5 heteroatoms. The van der Waals surface area contributed by atoms with Crippen LogP contribution in [0.5, 0.6) is 11.5 Å². The van der Waals surface area contributed by atoms with Gasteiger partial charge in [0, 0.05) is 26.0 Å². The van der Waals surface area contributed by atoms with Crippen molar-refractivity contribution >= 4 is 37.5 Å². The van der Waals surface area contributed by atoms with Gasteiger partial charge in [0.1, 0.15) is 24.7 Å². The van der Waals surface area contributed by atoms with E-state index in [2.05, 4.69) is 15.9 Å². The van der Waals surface area contributed by atoms with Gasteiger partial charge in [-0.05, 0) is 32.0 Å². The SMILES string of the molecule is CC(O)COc1c2ccccc2c(OCC(C)O)c2cc(Br)ccc12. The van der Waals surface area contributed by atoms with Crippen LogP contribution in [0.25, 0.3) is 21.5 Å². The third-order valence-corrected chi connectivity index (χ3v) is 4.32. The summed E-state index contributed by atoms with van der Waals surface area (Å²) in [5.41, 5.74) is 0. The zero-order chi connectivity index (χ0) is 18.0. The van der Waals surface area contributed by atoms with Crippen molar-refractivity contribution in [1.82, 2.24) is 0 Å². The molecule has 0 radical (unpaired) electrons. The summed E-state index contributed by atoms with van der Waals surface area (Å²) in [6.07, 6.45) is -1.12. The lowest BCUT2D eigenvalue weighted by Gasteiger charge is -2.19. The molecule has 0 aliphatic rings. The van der Waals surface area contributed by atoms with Gasteiger partial charge in [0.25, 0.3) is 0 Å². The molecule has 132 valence electrons. The summed E-state index contributed by atoms with van der Waals surface area (Å²) in [5, 5.41) is 22.9. The monoisotopic (exact) mass is 404 g/mol. The first-order valence-corrected chi connectivity index (χ1v) is 9.02. The normalized spacial score (nSPS) is 13.8. The largest absolute Gasteiger partial charge is 0.490 e. The van der Waals surface area contributed by atoms with E-state index >= 15 is 0 Å². The summed E-state index contributed by atoms with van der Waals surface area (Å²) in [5.74, 6) is 1.44. The van der Waals surface area contributed by atoms with Crippen LogP contribution in [-0.2, 0) is 0 Å². The van der Waals surface area contributed by atoms with Gasteiger partial charge in [0.15, 0.2) is 0 Å². The lowest BCUT2D eigenvalue weighted by molar-refractivity contribution is 0.123. The van der Waals surface area contributed by atoms with Gasteiger partial charge in [-0.2, -0.15) is 0 Å². The Morgan fingerprint density at radius 1 is 0.800 bits per heavy atom. The number of ether oxygens (including phenoxy) is 2. The summed E-state index contributed by atoms with van der Waals surface area (Å²) < 4.78 is 12.8. The van der Waals surface area contributed by atoms with Gasteiger partial charge >= 0.3 is 0 Å². The Kier molecular flexibility index (Phi) is 5.47. The minimum atomic E-state index is -0.563. The van der Waals surface area contributed by atoms with Crippen LogP contribution in [-0.4, -0.2) is 35.6 Å². The van der Waals surface area contributed by atoms with E-state index in [0.29, 0.717) is 0 Å². The number of hydrogen-bond acceptors (Lipinski definition) is 4. The van der Waals surface area contributed by atoms with Crippen molar-refractivity contribution in [3.63, 3.8) is 0 Å². The Balaban J connectivity index is 2.28. The van der Waals surface area contributed by atoms with Crippen molar-refractivity contribution in [2.45, 2.75) is 26.1 Å². The Labute approximate surface area is 155 Å². The zero-order valence-electron chi connectivity index (χ0n) is 14.2. The quantitative estimate of drug-likeness (QED) is 0.602. The second-order valence-corrected chi connectivity index (χ2v) is 7.13. The van der Waals surface area contributed by atoms with E-state index in [1.807, 2.05) is 42.5 Å². The molecule has 0 saturated heterocycles. The molecule has 3 aromatic rings. The van der Waals surface area contributed by atoms with Crippen molar-refractivity contribution in [2.75, 3.05) is 13.2 Å². The minimum absolute atomic E-state index is 0.208. The van der Waals surface area contributed by atoms with Crippen LogP contribution in [0.15, 0.2) is 46.9 Å². The van der Waals surface area contributed by atoms with E-state index in [1.54, 1.807) is 13.8 Å². The smallest absolute Gasteiger partial charge is 0.135 e. The number of aliphatic hydroxyl groups excluding tert-OH is 2. The summed E-state index contributed by atoms with van der Waals surface area (Å²) in [6.45, 7) is 3.81. The average molecular weight is 405 g/mol. The Hall–Kier alpha value is -1.82. The van der Waals surface area contributed by atoms with Gasteiger partial charge in [0.05, 0.1) is 12.2 Å². The molecule has 2 N–H and O–H groups in total. The molecule has 0 aromatic heterocycles. The van der Waals surface area contributed by atoms with E-state index < -0.39 is 12.2 Å². The highest BCUT2D eigenvalue weighted by molar-refractivity contribution is 9.10. The molecular formula is C20H21BrO4. The Bertz CT molecular complexity index is 890. The highest BCUT2D eigenvalue weighted by Crippen LogP contribution is 2.43. The summed E-state index contributed by atoms with van der Waals surface area (Å²) in [7, 11) is 0. The molecule has 0 bridgehead atoms. The first-order valence-electron chi connectivity index (χ1n) is 8.23. The van der Waals surface area contributed by atoms with Crippen LogP contribution in [0, 0.1) is 0 Å². The predicted molar refractivity (Wildman–Crippen MR) is 104 cm³/mol. The fourth-order valence-corrected chi connectivity index (χ4v) is 3.15. The van der Waals surface area contributed by atoms with Gasteiger partial charge in [-0.15, -0.1) is 0 Å². The first kappa shape index (κ1) is 18.0. The van der Waals surface area contributed by atoms with E-state index in [4.69, 9.17) is 9.47 Å². The van der Waals surface area contributed by atoms with Crippen LogP contribution < -0.4 is 9.47 Å². The molecule has 3 aromatic carbocycles. The van der Waals surface area contributed by atoms with Crippen molar-refractivity contribution in [3.05, 3.63) is 46.9 Å². The molecule has 0 fully saturated rings. The third-order valence-electron chi connectivity index (χ3n) is 3.82. The second-order valence-electron chi connectivity index (χ2n) is 6.21. The third kappa shape index (κ3) is 3.89. The average Bonchev–Trinajstić information content (AvgIpc) is 2.57. The van der Waals surface area contributed by atoms with Crippen molar-refractivity contribution in [2.24, 2.45) is 0 Å². The molecular weight excluding hydrogens is 384 g/mol. The fourth-order valence-electron chi connectivity index (χ4n) is 2.79. The molecule has 2 unspecified atom stereocenters. The number of fused-ring (bicyclic) bond motifs is 2. The number of hydrogen-bond donors (Lipinski definition) is 2. The van der Waals surface area contributed by atoms with Crippen LogP contribution >= 0.6 is 15.9 Å². The maximum Gasteiger partial charge on any atom is 0.135 e. The Morgan fingerprint density at radius 2 is 1.28 bits per heavy atom. The van der Waals surface area contributed by atoms with Crippen molar-refractivity contribution in [3.8, 4) is 11.5 Å². The number of halogens is 1. The van der Waals surface area contributed by atoms with Crippen molar-refractivity contribution in [1.29, 1.82) is 0 Å². The fraction of sp³-hybridized carbons (Fsp3) is 0.300. The lowest BCUT2D eigenvalue weighted by atomic mass is 10.0. The maximum absolute atomic E-state index is 9.63. The number of benzene rings is 3. The van der Waals surface area contributed by atoms with Gasteiger partial charge in [-0.25, -0.2) is 0 Å². The van der Waals surface area contributed by atoms with Gasteiger partial charge in [-0.1, -0.05) is 40.2 Å². The highest BCUT2D eigenvalue weighted by Gasteiger charge is 2.17. The molecule has 25 heavy (non-hydrogen) atoms. The summed E-state index contributed by atoms with van der Waals surface area (Å²) >= 11 is 3.51. The van der Waals surface area contributed by atoms with E-state index in [0.717, 1.165) is 37.5 Å². The molecule has 3 rings (SSSR count).